The van der Waals surface area contributed by atoms with Gasteiger partial charge >= 0.3 is 0 Å². The van der Waals surface area contributed by atoms with Crippen LogP contribution in [0.2, 0.25) is 0 Å². The standard InChI is InChI=1S/C25H24FN5O2/c1-16-14-30(15-28-16)22-11-8-19(13-23(22)33-3)24(29-27)21-5-4-12-31(25(21)32)17(2)18-6-9-20(26)10-7-18/h4-15,17H,27H2,1-3H3/b29-24-. The molecule has 0 radical (unpaired) electrons. The van der Waals surface area contributed by atoms with Crippen LogP contribution in [0.5, 0.6) is 5.75 Å². The predicted octanol–water partition coefficient (Wildman–Crippen LogP) is 3.81. The average Bonchev–Trinajstić information content (AvgIpc) is 3.26. The van der Waals surface area contributed by atoms with Gasteiger partial charge in [-0.25, -0.2) is 9.37 Å². The largest absolute Gasteiger partial charge is 0.495 e. The molecule has 1 atom stereocenters. The number of aromatic nitrogens is 3. The van der Waals surface area contributed by atoms with E-state index >= 15 is 0 Å². The molecule has 168 valence electrons. The fourth-order valence-electron chi connectivity index (χ4n) is 3.79. The summed E-state index contributed by atoms with van der Waals surface area (Å²) in [6, 6.07) is 14.7. The third-order valence-corrected chi connectivity index (χ3v) is 5.57. The number of hydrogen-bond acceptors (Lipinski definition) is 5. The Hall–Kier alpha value is -4.20. The lowest BCUT2D eigenvalue weighted by Crippen LogP contribution is -2.29. The van der Waals surface area contributed by atoms with Crippen molar-refractivity contribution < 1.29 is 9.13 Å². The van der Waals surface area contributed by atoms with Gasteiger partial charge in [-0.1, -0.05) is 18.2 Å². The minimum atomic E-state index is -0.326. The summed E-state index contributed by atoms with van der Waals surface area (Å²) in [5.41, 5.74) is 3.56. The van der Waals surface area contributed by atoms with Gasteiger partial charge in [0.2, 0.25) is 0 Å². The number of hydrogen-bond donors (Lipinski definition) is 1. The van der Waals surface area contributed by atoms with Crippen molar-refractivity contribution >= 4 is 5.71 Å². The first kappa shape index (κ1) is 22.0. The molecule has 0 aliphatic heterocycles. The number of halogens is 1. The summed E-state index contributed by atoms with van der Waals surface area (Å²) in [7, 11) is 1.57. The van der Waals surface area contributed by atoms with E-state index in [1.165, 1.54) is 12.1 Å². The molecule has 1 unspecified atom stereocenters. The Morgan fingerprint density at radius 2 is 1.94 bits per heavy atom. The number of benzene rings is 2. The number of imidazole rings is 1. The van der Waals surface area contributed by atoms with Crippen molar-refractivity contribution in [1.82, 2.24) is 14.1 Å². The first-order valence-corrected chi connectivity index (χ1v) is 10.4. The third-order valence-electron chi connectivity index (χ3n) is 5.57. The lowest BCUT2D eigenvalue weighted by atomic mass is 10.0. The van der Waals surface area contributed by atoms with Gasteiger partial charge in [0, 0.05) is 18.0 Å². The van der Waals surface area contributed by atoms with Crippen molar-refractivity contribution in [3.63, 3.8) is 0 Å². The molecule has 0 aliphatic carbocycles. The van der Waals surface area contributed by atoms with Crippen molar-refractivity contribution in [2.45, 2.75) is 19.9 Å². The van der Waals surface area contributed by atoms with Crippen LogP contribution >= 0.6 is 0 Å². The smallest absolute Gasteiger partial charge is 0.260 e. The number of methoxy groups -OCH3 is 1. The highest BCUT2D eigenvalue weighted by molar-refractivity contribution is 6.12. The van der Waals surface area contributed by atoms with Crippen molar-refractivity contribution in [2.75, 3.05) is 7.11 Å². The Labute approximate surface area is 190 Å². The van der Waals surface area contributed by atoms with Crippen LogP contribution in [0.3, 0.4) is 0 Å². The molecular weight excluding hydrogens is 421 g/mol. The topological polar surface area (TPSA) is 87.4 Å². The number of rotatable bonds is 6. The van der Waals surface area contributed by atoms with E-state index in [-0.39, 0.29) is 17.4 Å². The molecule has 0 spiro atoms. The quantitative estimate of drug-likeness (QED) is 0.278. The fraction of sp³-hybridized carbons (Fsp3) is 0.160. The SMILES string of the molecule is COc1cc(/C(=N/N)c2cccn(C(C)c3ccc(F)cc3)c2=O)ccc1-n1cnc(C)c1. The Bertz CT molecular complexity index is 1370. The van der Waals surface area contributed by atoms with E-state index in [0.717, 1.165) is 16.9 Å². The maximum absolute atomic E-state index is 13.4. The number of ether oxygens (including phenoxy) is 1. The van der Waals surface area contributed by atoms with Crippen LogP contribution < -0.4 is 16.1 Å². The zero-order valence-electron chi connectivity index (χ0n) is 18.6. The first-order valence-electron chi connectivity index (χ1n) is 10.4. The lowest BCUT2D eigenvalue weighted by molar-refractivity contribution is 0.413. The molecule has 0 aliphatic rings. The maximum Gasteiger partial charge on any atom is 0.260 e. The van der Waals surface area contributed by atoms with Crippen molar-refractivity contribution in [3.05, 3.63) is 112 Å². The number of hydrazone groups is 1. The van der Waals surface area contributed by atoms with Crippen LogP contribution in [0.15, 0.2) is 83.2 Å². The highest BCUT2D eigenvalue weighted by atomic mass is 19.1. The Morgan fingerprint density at radius 3 is 2.58 bits per heavy atom. The monoisotopic (exact) mass is 445 g/mol. The van der Waals surface area contributed by atoms with Crippen molar-refractivity contribution in [1.29, 1.82) is 0 Å². The van der Waals surface area contributed by atoms with Gasteiger partial charge in [-0.05, 0) is 55.8 Å². The normalized spacial score (nSPS) is 12.5. The molecule has 4 aromatic rings. The number of nitrogens with zero attached hydrogens (tertiary/aromatic N) is 4. The van der Waals surface area contributed by atoms with E-state index in [4.69, 9.17) is 10.6 Å². The van der Waals surface area contributed by atoms with Gasteiger partial charge in [-0.3, -0.25) is 4.79 Å². The van der Waals surface area contributed by atoms with E-state index in [0.29, 0.717) is 22.6 Å². The molecule has 4 rings (SSSR count). The van der Waals surface area contributed by atoms with Crippen molar-refractivity contribution in [2.24, 2.45) is 10.9 Å². The van der Waals surface area contributed by atoms with Gasteiger partial charge in [0.15, 0.2) is 0 Å². The lowest BCUT2D eigenvalue weighted by Gasteiger charge is -2.17. The van der Waals surface area contributed by atoms with E-state index in [2.05, 4.69) is 10.1 Å². The Kier molecular flexibility index (Phi) is 6.08. The van der Waals surface area contributed by atoms with Crippen LogP contribution in [-0.4, -0.2) is 26.9 Å². The highest BCUT2D eigenvalue weighted by Gasteiger charge is 2.18. The maximum atomic E-state index is 13.4. The van der Waals surface area contributed by atoms with Gasteiger partial charge in [-0.2, -0.15) is 5.10 Å². The van der Waals surface area contributed by atoms with E-state index < -0.39 is 0 Å². The molecule has 0 saturated heterocycles. The predicted molar refractivity (Wildman–Crippen MR) is 126 cm³/mol. The highest BCUT2D eigenvalue weighted by Crippen LogP contribution is 2.26. The van der Waals surface area contributed by atoms with Crippen LogP contribution in [0, 0.1) is 12.7 Å². The number of pyridine rings is 1. The van der Waals surface area contributed by atoms with E-state index in [9.17, 15) is 9.18 Å². The molecule has 0 amide bonds. The third kappa shape index (κ3) is 4.27. The zero-order chi connectivity index (χ0) is 23.5. The molecule has 33 heavy (non-hydrogen) atoms. The van der Waals surface area contributed by atoms with Gasteiger partial charge in [0.05, 0.1) is 36.4 Å². The molecule has 2 N–H and O–H groups in total. The Morgan fingerprint density at radius 1 is 1.18 bits per heavy atom. The molecule has 7 nitrogen and oxygen atoms in total. The second-order valence-electron chi connectivity index (χ2n) is 7.65. The summed E-state index contributed by atoms with van der Waals surface area (Å²) in [6.07, 6.45) is 5.29. The van der Waals surface area contributed by atoms with Crippen molar-refractivity contribution in [3.8, 4) is 11.4 Å². The molecule has 0 bridgehead atoms. The van der Waals surface area contributed by atoms with Crippen LogP contribution in [-0.2, 0) is 0 Å². The molecule has 2 aromatic carbocycles. The number of aryl methyl sites for hydroxylation is 1. The minimum Gasteiger partial charge on any atom is -0.495 e. The summed E-state index contributed by atoms with van der Waals surface area (Å²) in [5, 5.41) is 3.94. The molecule has 2 aromatic heterocycles. The average molecular weight is 445 g/mol. The molecule has 8 heteroatoms. The molecule has 0 fully saturated rings. The summed E-state index contributed by atoms with van der Waals surface area (Å²) in [4.78, 5) is 17.6. The summed E-state index contributed by atoms with van der Waals surface area (Å²) in [5.74, 6) is 6.00. The van der Waals surface area contributed by atoms with Gasteiger partial charge < -0.3 is 19.7 Å². The van der Waals surface area contributed by atoms with Gasteiger partial charge in [0.1, 0.15) is 17.3 Å². The minimum absolute atomic E-state index is 0.258. The second kappa shape index (κ2) is 9.12. The zero-order valence-corrected chi connectivity index (χ0v) is 18.6. The Balaban J connectivity index is 1.75. The van der Waals surface area contributed by atoms with Gasteiger partial charge in [0.25, 0.3) is 5.56 Å². The van der Waals surface area contributed by atoms with Gasteiger partial charge in [-0.15, -0.1) is 0 Å². The molecule has 0 saturated carbocycles. The summed E-state index contributed by atoms with van der Waals surface area (Å²) in [6.45, 7) is 3.78. The molecular formula is C25H24FN5O2. The van der Waals surface area contributed by atoms with Crippen LogP contribution in [0.25, 0.3) is 5.69 Å². The van der Waals surface area contributed by atoms with Crippen LogP contribution in [0.1, 0.15) is 35.3 Å². The van der Waals surface area contributed by atoms with E-state index in [1.807, 2.05) is 36.7 Å². The second-order valence-corrected chi connectivity index (χ2v) is 7.65. The van der Waals surface area contributed by atoms with E-state index in [1.54, 1.807) is 54.5 Å². The first-order chi connectivity index (χ1) is 15.9. The summed E-state index contributed by atoms with van der Waals surface area (Å²) < 4.78 is 22.3. The number of nitrogens with two attached hydrogens (primary N) is 1. The summed E-state index contributed by atoms with van der Waals surface area (Å²) >= 11 is 0. The fourth-order valence-corrected chi connectivity index (χ4v) is 3.79. The van der Waals surface area contributed by atoms with Crippen LogP contribution in [0.4, 0.5) is 4.39 Å². The molecule has 2 heterocycles.